The van der Waals surface area contributed by atoms with Crippen molar-refractivity contribution in [1.29, 1.82) is 0 Å². The standard InChI is InChI=1S/C15H16ClNO5/c1-8(2)14-15(21)17(7-13(19)20)10-5-9(11(18)6-16)3-4-12(10)22-14/h3-5,8,14H,6-7H2,1-2H3,(H,19,20). The zero-order valence-corrected chi connectivity index (χ0v) is 13.0. The molecule has 22 heavy (non-hydrogen) atoms. The average molecular weight is 326 g/mol. The van der Waals surface area contributed by atoms with Gasteiger partial charge in [-0.05, 0) is 24.1 Å². The number of hydrogen-bond donors (Lipinski definition) is 1. The Balaban J connectivity index is 2.50. The van der Waals surface area contributed by atoms with Crippen molar-refractivity contribution >= 4 is 34.9 Å². The van der Waals surface area contributed by atoms with Gasteiger partial charge in [0, 0.05) is 5.56 Å². The van der Waals surface area contributed by atoms with Crippen molar-refractivity contribution in [3.63, 3.8) is 0 Å². The summed E-state index contributed by atoms with van der Waals surface area (Å²) in [7, 11) is 0. The number of amides is 1. The van der Waals surface area contributed by atoms with Gasteiger partial charge in [-0.2, -0.15) is 0 Å². The van der Waals surface area contributed by atoms with Crippen LogP contribution in [-0.4, -0.2) is 41.3 Å². The normalized spacial score (nSPS) is 17.2. The van der Waals surface area contributed by atoms with Crippen LogP contribution in [0.3, 0.4) is 0 Å². The van der Waals surface area contributed by atoms with Crippen LogP contribution in [-0.2, 0) is 9.59 Å². The van der Waals surface area contributed by atoms with Crippen LogP contribution in [0, 0.1) is 5.92 Å². The fraction of sp³-hybridized carbons (Fsp3) is 0.400. The first-order valence-electron chi connectivity index (χ1n) is 6.78. The van der Waals surface area contributed by atoms with Crippen molar-refractivity contribution in [3.8, 4) is 5.75 Å². The van der Waals surface area contributed by atoms with Gasteiger partial charge >= 0.3 is 5.97 Å². The summed E-state index contributed by atoms with van der Waals surface area (Å²) in [5, 5.41) is 9.04. The van der Waals surface area contributed by atoms with E-state index in [1.807, 2.05) is 13.8 Å². The van der Waals surface area contributed by atoms with Crippen molar-refractivity contribution < 1.29 is 24.2 Å². The van der Waals surface area contributed by atoms with Crippen molar-refractivity contribution in [3.05, 3.63) is 23.8 Å². The summed E-state index contributed by atoms with van der Waals surface area (Å²) in [6.07, 6.45) is -0.749. The Morgan fingerprint density at radius 1 is 1.41 bits per heavy atom. The second kappa shape index (κ2) is 6.36. The van der Waals surface area contributed by atoms with Crippen molar-refractivity contribution in [2.45, 2.75) is 20.0 Å². The first-order chi connectivity index (χ1) is 10.3. The number of nitrogens with zero attached hydrogens (tertiary/aromatic N) is 1. The molecule has 1 aromatic rings. The summed E-state index contributed by atoms with van der Waals surface area (Å²) in [6, 6.07) is 4.55. The number of hydrogen-bond acceptors (Lipinski definition) is 4. The Morgan fingerprint density at radius 3 is 2.64 bits per heavy atom. The maximum absolute atomic E-state index is 12.4. The molecule has 0 radical (unpaired) electrons. The lowest BCUT2D eigenvalue weighted by Gasteiger charge is -2.35. The number of fused-ring (bicyclic) bond motifs is 1. The Morgan fingerprint density at radius 2 is 2.09 bits per heavy atom. The van der Waals surface area contributed by atoms with E-state index in [1.54, 1.807) is 12.1 Å². The number of carboxylic acid groups (broad SMARTS) is 1. The minimum atomic E-state index is -1.14. The molecule has 1 aliphatic heterocycles. The molecule has 1 atom stereocenters. The number of ether oxygens (including phenoxy) is 1. The highest BCUT2D eigenvalue weighted by molar-refractivity contribution is 6.30. The van der Waals surface area contributed by atoms with E-state index < -0.39 is 24.5 Å². The molecule has 0 aliphatic carbocycles. The van der Waals surface area contributed by atoms with E-state index in [2.05, 4.69) is 0 Å². The van der Waals surface area contributed by atoms with Crippen molar-refractivity contribution in [1.82, 2.24) is 0 Å². The molecule has 1 heterocycles. The van der Waals surface area contributed by atoms with Crippen LogP contribution in [0.25, 0.3) is 0 Å². The molecule has 0 aromatic heterocycles. The van der Waals surface area contributed by atoms with Gasteiger partial charge < -0.3 is 9.84 Å². The fourth-order valence-electron chi connectivity index (χ4n) is 2.26. The molecule has 1 unspecified atom stereocenters. The number of halogens is 1. The Hall–Kier alpha value is -2.08. The lowest BCUT2D eigenvalue weighted by Crippen LogP contribution is -2.50. The SMILES string of the molecule is CC(C)C1Oc2ccc(C(=O)CCl)cc2N(CC(=O)O)C1=O. The smallest absolute Gasteiger partial charge is 0.323 e. The van der Waals surface area contributed by atoms with Crippen LogP contribution in [0.15, 0.2) is 18.2 Å². The highest BCUT2D eigenvalue weighted by atomic mass is 35.5. The van der Waals surface area contributed by atoms with E-state index in [0.717, 1.165) is 4.90 Å². The number of carboxylic acids is 1. The molecule has 0 fully saturated rings. The zero-order chi connectivity index (χ0) is 16.4. The van der Waals surface area contributed by atoms with Gasteiger partial charge in [0.25, 0.3) is 5.91 Å². The monoisotopic (exact) mass is 325 g/mol. The summed E-state index contributed by atoms with van der Waals surface area (Å²) >= 11 is 5.53. The largest absolute Gasteiger partial charge is 0.480 e. The summed E-state index contributed by atoms with van der Waals surface area (Å²) < 4.78 is 5.66. The molecule has 0 spiro atoms. The maximum atomic E-state index is 12.4. The predicted octanol–water partition coefficient (Wildman–Crippen LogP) is 1.94. The number of aliphatic carboxylic acids is 1. The Bertz CT molecular complexity index is 628. The molecule has 118 valence electrons. The number of carbonyl (C=O) groups excluding carboxylic acids is 2. The molecular weight excluding hydrogens is 310 g/mol. The molecule has 1 amide bonds. The lowest BCUT2D eigenvalue weighted by atomic mass is 10.0. The van der Waals surface area contributed by atoms with Gasteiger partial charge in [-0.3, -0.25) is 19.3 Å². The minimum Gasteiger partial charge on any atom is -0.480 e. The quantitative estimate of drug-likeness (QED) is 0.660. The number of rotatable bonds is 5. The summed E-state index contributed by atoms with van der Waals surface area (Å²) in [4.78, 5) is 36.3. The van der Waals surface area contributed by atoms with E-state index in [0.29, 0.717) is 11.3 Å². The van der Waals surface area contributed by atoms with Crippen LogP contribution in [0.2, 0.25) is 0 Å². The molecule has 1 aliphatic rings. The molecule has 6 nitrogen and oxygen atoms in total. The number of carbonyl (C=O) groups is 3. The van der Waals surface area contributed by atoms with Crippen LogP contribution in [0.5, 0.6) is 5.75 Å². The zero-order valence-electron chi connectivity index (χ0n) is 12.2. The van der Waals surface area contributed by atoms with Gasteiger partial charge in [-0.1, -0.05) is 13.8 Å². The molecule has 7 heteroatoms. The first-order valence-corrected chi connectivity index (χ1v) is 7.31. The van der Waals surface area contributed by atoms with Crippen LogP contribution in [0.4, 0.5) is 5.69 Å². The second-order valence-electron chi connectivity index (χ2n) is 5.34. The molecular formula is C15H16ClNO5. The van der Waals surface area contributed by atoms with Crippen LogP contribution in [0.1, 0.15) is 24.2 Å². The summed E-state index contributed by atoms with van der Waals surface area (Å²) in [5.74, 6) is -1.80. The molecule has 1 aromatic carbocycles. The lowest BCUT2D eigenvalue weighted by molar-refractivity contribution is -0.138. The van der Waals surface area contributed by atoms with Gasteiger partial charge in [-0.25, -0.2) is 0 Å². The van der Waals surface area contributed by atoms with Gasteiger partial charge in [0.15, 0.2) is 11.9 Å². The van der Waals surface area contributed by atoms with Crippen molar-refractivity contribution in [2.24, 2.45) is 5.92 Å². The van der Waals surface area contributed by atoms with Crippen LogP contribution >= 0.6 is 11.6 Å². The van der Waals surface area contributed by atoms with E-state index in [1.165, 1.54) is 6.07 Å². The summed E-state index contributed by atoms with van der Waals surface area (Å²) in [6.45, 7) is 3.15. The van der Waals surface area contributed by atoms with Gasteiger partial charge in [-0.15, -0.1) is 11.6 Å². The van der Waals surface area contributed by atoms with E-state index in [9.17, 15) is 14.4 Å². The third kappa shape index (κ3) is 3.06. The molecule has 1 N–H and O–H groups in total. The van der Waals surface area contributed by atoms with Gasteiger partial charge in [0.05, 0.1) is 11.6 Å². The number of ketones is 1. The Labute approximate surface area is 132 Å². The number of benzene rings is 1. The molecule has 0 saturated heterocycles. The highest BCUT2D eigenvalue weighted by Gasteiger charge is 2.37. The van der Waals surface area contributed by atoms with E-state index in [4.69, 9.17) is 21.4 Å². The molecule has 0 saturated carbocycles. The van der Waals surface area contributed by atoms with Gasteiger partial charge in [0.2, 0.25) is 0 Å². The average Bonchev–Trinajstić information content (AvgIpc) is 2.47. The highest BCUT2D eigenvalue weighted by Crippen LogP contribution is 2.36. The number of Topliss-reactive ketones (excluding diaryl/α,β-unsaturated/α-hetero) is 1. The molecule has 2 rings (SSSR count). The predicted molar refractivity (Wildman–Crippen MR) is 80.7 cm³/mol. The van der Waals surface area contributed by atoms with E-state index >= 15 is 0 Å². The Kier molecular flexibility index (Phi) is 4.71. The third-order valence-electron chi connectivity index (χ3n) is 3.36. The molecule has 0 bridgehead atoms. The third-order valence-corrected chi connectivity index (χ3v) is 3.60. The summed E-state index contributed by atoms with van der Waals surface area (Å²) in [5.41, 5.74) is 0.587. The first kappa shape index (κ1) is 16.3. The number of anilines is 1. The maximum Gasteiger partial charge on any atom is 0.323 e. The van der Waals surface area contributed by atoms with E-state index in [-0.39, 0.29) is 23.3 Å². The van der Waals surface area contributed by atoms with Gasteiger partial charge in [0.1, 0.15) is 12.3 Å². The van der Waals surface area contributed by atoms with Crippen molar-refractivity contribution in [2.75, 3.05) is 17.3 Å². The number of alkyl halides is 1. The fourth-order valence-corrected chi connectivity index (χ4v) is 2.41. The second-order valence-corrected chi connectivity index (χ2v) is 5.61. The topological polar surface area (TPSA) is 83.9 Å². The van der Waals surface area contributed by atoms with Crippen LogP contribution < -0.4 is 9.64 Å². The minimum absolute atomic E-state index is 0.110.